The summed E-state index contributed by atoms with van der Waals surface area (Å²) in [6.45, 7) is 0. The Kier molecular flexibility index (Phi) is 1.88. The molecular formula is C8H6F2N4. The van der Waals surface area contributed by atoms with Crippen molar-refractivity contribution >= 4 is 5.69 Å². The summed E-state index contributed by atoms with van der Waals surface area (Å²) in [6, 6.07) is 1.81. The molecule has 2 aromatic rings. The van der Waals surface area contributed by atoms with E-state index in [1.165, 1.54) is 17.3 Å². The lowest BCUT2D eigenvalue weighted by Gasteiger charge is -2.05. The minimum Gasteiger partial charge on any atom is -0.395 e. The number of benzene rings is 1. The van der Waals surface area contributed by atoms with Gasteiger partial charge in [-0.2, -0.15) is 5.10 Å². The molecule has 0 aliphatic rings. The number of hydrogen-bond acceptors (Lipinski definition) is 3. The highest BCUT2D eigenvalue weighted by Gasteiger charge is 2.09. The molecule has 1 heterocycles. The van der Waals surface area contributed by atoms with Crippen LogP contribution < -0.4 is 5.73 Å². The van der Waals surface area contributed by atoms with Gasteiger partial charge >= 0.3 is 0 Å². The zero-order valence-corrected chi connectivity index (χ0v) is 6.98. The third-order valence-corrected chi connectivity index (χ3v) is 1.74. The molecule has 14 heavy (non-hydrogen) atoms. The Morgan fingerprint density at radius 3 is 2.71 bits per heavy atom. The van der Waals surface area contributed by atoms with E-state index in [9.17, 15) is 8.78 Å². The molecule has 1 aromatic heterocycles. The third-order valence-electron chi connectivity index (χ3n) is 1.74. The number of nitrogen functional groups attached to an aromatic ring is 1. The average Bonchev–Trinajstić information content (AvgIpc) is 2.63. The van der Waals surface area contributed by atoms with Crippen molar-refractivity contribution in [1.82, 2.24) is 14.8 Å². The molecule has 2 N–H and O–H groups in total. The largest absolute Gasteiger partial charge is 0.395 e. The second-order valence-electron chi connectivity index (χ2n) is 2.66. The van der Waals surface area contributed by atoms with Crippen molar-refractivity contribution < 1.29 is 8.78 Å². The van der Waals surface area contributed by atoms with E-state index in [0.717, 1.165) is 12.1 Å². The third kappa shape index (κ3) is 1.30. The molecule has 0 spiro atoms. The molecule has 4 nitrogen and oxygen atoms in total. The zero-order chi connectivity index (χ0) is 10.1. The molecule has 0 aliphatic carbocycles. The standard InChI is InChI=1S/C8H6F2N4/c9-5-1-6(10)8(11)7(2-5)14-4-12-3-13-14/h1-4H,11H2. The van der Waals surface area contributed by atoms with Crippen LogP contribution >= 0.6 is 0 Å². The topological polar surface area (TPSA) is 56.7 Å². The first-order valence-corrected chi connectivity index (χ1v) is 3.78. The minimum absolute atomic E-state index is 0.139. The lowest BCUT2D eigenvalue weighted by Crippen LogP contribution is -2.03. The summed E-state index contributed by atoms with van der Waals surface area (Å²) in [5.74, 6) is -1.52. The first-order chi connectivity index (χ1) is 6.68. The zero-order valence-electron chi connectivity index (χ0n) is 6.98. The summed E-state index contributed by atoms with van der Waals surface area (Å²) >= 11 is 0. The smallest absolute Gasteiger partial charge is 0.151 e. The summed E-state index contributed by atoms with van der Waals surface area (Å²) < 4.78 is 27.0. The molecule has 0 saturated heterocycles. The number of nitrogens with zero attached hydrogens (tertiary/aromatic N) is 3. The SMILES string of the molecule is Nc1c(F)cc(F)cc1-n1cncn1. The van der Waals surface area contributed by atoms with Crippen molar-refractivity contribution in [2.24, 2.45) is 0 Å². The first-order valence-electron chi connectivity index (χ1n) is 3.78. The predicted octanol–water partition coefficient (Wildman–Crippen LogP) is 1.13. The Morgan fingerprint density at radius 2 is 2.07 bits per heavy atom. The summed E-state index contributed by atoms with van der Waals surface area (Å²) in [6.07, 6.45) is 2.56. The Labute approximate surface area is 78.0 Å². The van der Waals surface area contributed by atoms with Crippen LogP contribution in [0.15, 0.2) is 24.8 Å². The van der Waals surface area contributed by atoms with Gasteiger partial charge in [-0.05, 0) is 0 Å². The molecule has 0 unspecified atom stereocenters. The predicted molar refractivity (Wildman–Crippen MR) is 45.7 cm³/mol. The maximum absolute atomic E-state index is 13.0. The molecule has 6 heteroatoms. The van der Waals surface area contributed by atoms with Crippen LogP contribution in [0.5, 0.6) is 0 Å². The van der Waals surface area contributed by atoms with E-state index in [0.29, 0.717) is 0 Å². The van der Waals surface area contributed by atoms with Crippen molar-refractivity contribution in [3.63, 3.8) is 0 Å². The molecular weight excluding hydrogens is 190 g/mol. The van der Waals surface area contributed by atoms with Crippen LogP contribution in [0.3, 0.4) is 0 Å². The molecule has 0 fully saturated rings. The Bertz CT molecular complexity index is 453. The van der Waals surface area contributed by atoms with Crippen LogP contribution in [0.2, 0.25) is 0 Å². The Balaban J connectivity index is 2.64. The van der Waals surface area contributed by atoms with Gasteiger partial charge in [-0.25, -0.2) is 18.4 Å². The molecule has 0 radical (unpaired) electrons. The molecule has 0 aliphatic heterocycles. The van der Waals surface area contributed by atoms with E-state index < -0.39 is 11.6 Å². The van der Waals surface area contributed by atoms with Crippen molar-refractivity contribution in [2.75, 3.05) is 5.73 Å². The van der Waals surface area contributed by atoms with Crippen LogP contribution in [0.1, 0.15) is 0 Å². The van der Waals surface area contributed by atoms with Gasteiger partial charge in [0.1, 0.15) is 18.5 Å². The minimum atomic E-state index is -0.810. The molecule has 0 saturated carbocycles. The van der Waals surface area contributed by atoms with Gasteiger partial charge in [0, 0.05) is 12.1 Å². The van der Waals surface area contributed by atoms with Gasteiger partial charge in [0.05, 0.1) is 11.4 Å². The van der Waals surface area contributed by atoms with Crippen LogP contribution in [-0.4, -0.2) is 14.8 Å². The summed E-state index contributed by atoms with van der Waals surface area (Å²) in [4.78, 5) is 3.65. The fraction of sp³-hybridized carbons (Fsp3) is 0. The molecule has 0 atom stereocenters. The number of halogens is 2. The van der Waals surface area contributed by atoms with E-state index >= 15 is 0 Å². The summed E-state index contributed by atoms with van der Waals surface area (Å²) in [7, 11) is 0. The van der Waals surface area contributed by atoms with Gasteiger partial charge in [0.2, 0.25) is 0 Å². The van der Waals surface area contributed by atoms with Crippen LogP contribution in [-0.2, 0) is 0 Å². The van der Waals surface area contributed by atoms with Crippen molar-refractivity contribution in [3.05, 3.63) is 36.4 Å². The number of aromatic nitrogens is 3. The molecule has 2 rings (SSSR count). The van der Waals surface area contributed by atoms with Crippen LogP contribution in [0.4, 0.5) is 14.5 Å². The fourth-order valence-electron chi connectivity index (χ4n) is 1.09. The average molecular weight is 196 g/mol. The van der Waals surface area contributed by atoms with E-state index in [4.69, 9.17) is 5.73 Å². The van der Waals surface area contributed by atoms with Gasteiger partial charge < -0.3 is 5.73 Å². The maximum atomic E-state index is 13.0. The number of anilines is 1. The molecule has 1 aromatic carbocycles. The van der Waals surface area contributed by atoms with E-state index in [1.807, 2.05) is 0 Å². The van der Waals surface area contributed by atoms with Crippen molar-refractivity contribution in [2.45, 2.75) is 0 Å². The second-order valence-corrected chi connectivity index (χ2v) is 2.66. The van der Waals surface area contributed by atoms with Gasteiger partial charge in [0.15, 0.2) is 5.82 Å². The van der Waals surface area contributed by atoms with Gasteiger partial charge in [-0.3, -0.25) is 0 Å². The normalized spacial score (nSPS) is 10.4. The van der Waals surface area contributed by atoms with Crippen molar-refractivity contribution in [1.29, 1.82) is 0 Å². The van der Waals surface area contributed by atoms with Gasteiger partial charge in [-0.15, -0.1) is 0 Å². The van der Waals surface area contributed by atoms with E-state index in [1.54, 1.807) is 0 Å². The monoisotopic (exact) mass is 196 g/mol. The Hall–Kier alpha value is -1.98. The highest BCUT2D eigenvalue weighted by molar-refractivity contribution is 5.58. The van der Waals surface area contributed by atoms with E-state index in [-0.39, 0.29) is 11.4 Å². The van der Waals surface area contributed by atoms with Crippen LogP contribution in [0, 0.1) is 11.6 Å². The van der Waals surface area contributed by atoms with E-state index in [2.05, 4.69) is 10.1 Å². The van der Waals surface area contributed by atoms with Crippen LogP contribution in [0.25, 0.3) is 5.69 Å². The van der Waals surface area contributed by atoms with Gasteiger partial charge in [0.25, 0.3) is 0 Å². The fourth-order valence-corrected chi connectivity index (χ4v) is 1.09. The summed E-state index contributed by atoms with van der Waals surface area (Å²) in [5.41, 5.74) is 5.40. The number of hydrogen-bond donors (Lipinski definition) is 1. The lowest BCUT2D eigenvalue weighted by atomic mass is 10.2. The summed E-state index contributed by atoms with van der Waals surface area (Å²) in [5, 5.41) is 3.72. The molecule has 72 valence electrons. The van der Waals surface area contributed by atoms with Gasteiger partial charge in [-0.1, -0.05) is 0 Å². The molecule has 0 bridgehead atoms. The highest BCUT2D eigenvalue weighted by Crippen LogP contribution is 2.20. The second kappa shape index (κ2) is 3.06. The number of rotatable bonds is 1. The van der Waals surface area contributed by atoms with Crippen molar-refractivity contribution in [3.8, 4) is 5.69 Å². The first kappa shape index (κ1) is 8.61. The maximum Gasteiger partial charge on any atom is 0.151 e. The number of nitrogens with two attached hydrogens (primary N) is 1. The highest BCUT2D eigenvalue weighted by atomic mass is 19.1. The molecule has 0 amide bonds. The Morgan fingerprint density at radius 1 is 1.29 bits per heavy atom. The lowest BCUT2D eigenvalue weighted by molar-refractivity contribution is 0.583. The quantitative estimate of drug-likeness (QED) is 0.695.